The highest BCUT2D eigenvalue weighted by atomic mass is 32.2. The molecule has 1 aliphatic heterocycles. The van der Waals surface area contributed by atoms with Crippen LogP contribution in [0.5, 0.6) is 0 Å². The number of halogens is 1. The average molecular weight is 490 g/mol. The van der Waals surface area contributed by atoms with Gasteiger partial charge in [-0.3, -0.25) is 4.79 Å². The zero-order chi connectivity index (χ0) is 24.6. The minimum absolute atomic E-state index is 0.0565. The maximum absolute atomic E-state index is 14.2. The summed E-state index contributed by atoms with van der Waals surface area (Å²) >= 11 is 1.28. The Kier molecular flexibility index (Phi) is 8.61. The quantitative estimate of drug-likeness (QED) is 0.349. The monoisotopic (exact) mass is 489 g/mol. The van der Waals surface area contributed by atoms with E-state index in [4.69, 9.17) is 0 Å². The average Bonchev–Trinajstić information content (AvgIpc) is 2.91. The van der Waals surface area contributed by atoms with Crippen molar-refractivity contribution in [2.24, 2.45) is 0 Å². The van der Waals surface area contributed by atoms with Crippen molar-refractivity contribution >= 4 is 29.1 Å². The van der Waals surface area contributed by atoms with E-state index in [0.29, 0.717) is 23.5 Å². The number of hydrogen-bond donors (Lipinski definition) is 2. The molecule has 3 aromatic carbocycles. The van der Waals surface area contributed by atoms with E-state index >= 15 is 0 Å². The largest absolute Gasteiger partial charge is 0.339 e. The van der Waals surface area contributed by atoms with Gasteiger partial charge in [0.15, 0.2) is 0 Å². The second-order valence-corrected chi connectivity index (χ2v) is 9.31. The third-order valence-electron chi connectivity index (χ3n) is 6.34. The molecule has 1 saturated heterocycles. The molecule has 4 nitrogen and oxygen atoms in total. The summed E-state index contributed by atoms with van der Waals surface area (Å²) in [6, 6.07) is 22.9. The summed E-state index contributed by atoms with van der Waals surface area (Å²) in [6.07, 6.45) is 1.93. The SMILES string of the molecule is CCN(CC)C(=O)c1ccc(C(=C2CCNCC2)c2ccccc2NSc2ccccc2F)cc1. The molecule has 1 heterocycles. The van der Waals surface area contributed by atoms with Crippen LogP contribution >= 0.6 is 11.9 Å². The van der Waals surface area contributed by atoms with Gasteiger partial charge in [0.25, 0.3) is 5.91 Å². The molecule has 2 N–H and O–H groups in total. The van der Waals surface area contributed by atoms with Crippen LogP contribution in [-0.2, 0) is 0 Å². The van der Waals surface area contributed by atoms with Crippen molar-refractivity contribution in [1.29, 1.82) is 0 Å². The highest BCUT2D eigenvalue weighted by molar-refractivity contribution is 8.00. The number of nitrogens with zero attached hydrogens (tertiary/aromatic N) is 1. The first-order chi connectivity index (χ1) is 17.1. The summed E-state index contributed by atoms with van der Waals surface area (Å²) in [6.45, 7) is 7.27. The van der Waals surface area contributed by atoms with E-state index < -0.39 is 0 Å². The van der Waals surface area contributed by atoms with Gasteiger partial charge < -0.3 is 14.9 Å². The molecule has 0 atom stereocenters. The fraction of sp³-hybridized carbons (Fsp3) is 0.276. The first-order valence-corrected chi connectivity index (χ1v) is 13.0. The van der Waals surface area contributed by atoms with E-state index in [0.717, 1.165) is 42.7 Å². The van der Waals surface area contributed by atoms with Gasteiger partial charge in [0.1, 0.15) is 5.82 Å². The molecule has 3 aromatic rings. The Bertz CT molecular complexity index is 1180. The number of amides is 1. The lowest BCUT2D eigenvalue weighted by Gasteiger charge is -2.23. The van der Waals surface area contributed by atoms with Crippen LogP contribution in [0.3, 0.4) is 0 Å². The van der Waals surface area contributed by atoms with E-state index in [9.17, 15) is 9.18 Å². The molecule has 0 spiro atoms. The second-order valence-electron chi connectivity index (χ2n) is 8.46. The Balaban J connectivity index is 1.70. The molecule has 35 heavy (non-hydrogen) atoms. The van der Waals surface area contributed by atoms with Gasteiger partial charge in [-0.15, -0.1) is 0 Å². The lowest BCUT2D eigenvalue weighted by Crippen LogP contribution is -2.30. The number of benzene rings is 3. The standard InChI is InChI=1S/C29H32FN3OS/c1-3-33(4-2)29(34)23-15-13-21(14-16-23)28(22-17-19-31-20-18-22)24-9-5-7-11-26(24)32-35-27-12-8-6-10-25(27)30/h5-16,31-32H,3-4,17-20H2,1-2H3. The maximum atomic E-state index is 14.2. The highest BCUT2D eigenvalue weighted by Crippen LogP contribution is 2.37. The summed E-state index contributed by atoms with van der Waals surface area (Å²) in [5.41, 5.74) is 6.38. The van der Waals surface area contributed by atoms with Crippen LogP contribution in [0.1, 0.15) is 48.2 Å². The predicted octanol–water partition coefficient (Wildman–Crippen LogP) is 6.61. The number of carbonyl (C=O) groups is 1. The fourth-order valence-corrected chi connectivity index (χ4v) is 5.14. The third kappa shape index (κ3) is 5.95. The molecule has 0 unspecified atom stereocenters. The number of carbonyl (C=O) groups excluding carboxylic acids is 1. The van der Waals surface area contributed by atoms with Crippen LogP contribution in [0, 0.1) is 5.82 Å². The van der Waals surface area contributed by atoms with Crippen LogP contribution in [-0.4, -0.2) is 37.0 Å². The molecule has 6 heteroatoms. The predicted molar refractivity (Wildman–Crippen MR) is 144 cm³/mol. The molecule has 0 aromatic heterocycles. The van der Waals surface area contributed by atoms with Crippen LogP contribution in [0.4, 0.5) is 10.1 Å². The number of nitrogens with one attached hydrogen (secondary N) is 2. The molecule has 4 rings (SSSR count). The summed E-state index contributed by atoms with van der Waals surface area (Å²) in [7, 11) is 0. The van der Waals surface area contributed by atoms with Crippen molar-refractivity contribution in [1.82, 2.24) is 10.2 Å². The number of anilines is 1. The summed E-state index contributed by atoms with van der Waals surface area (Å²) in [4.78, 5) is 15.2. The topological polar surface area (TPSA) is 44.4 Å². The van der Waals surface area contributed by atoms with E-state index in [1.807, 2.05) is 55.1 Å². The molecule has 182 valence electrons. The zero-order valence-electron chi connectivity index (χ0n) is 20.3. The molecular formula is C29H32FN3OS. The minimum Gasteiger partial charge on any atom is -0.339 e. The summed E-state index contributed by atoms with van der Waals surface area (Å²) < 4.78 is 17.6. The Morgan fingerprint density at radius 3 is 2.23 bits per heavy atom. The lowest BCUT2D eigenvalue weighted by molar-refractivity contribution is 0.0773. The molecule has 0 saturated carbocycles. The van der Waals surface area contributed by atoms with Gasteiger partial charge in [0.05, 0.1) is 10.6 Å². The molecule has 0 aliphatic carbocycles. The van der Waals surface area contributed by atoms with Gasteiger partial charge in [-0.25, -0.2) is 4.39 Å². The molecule has 0 bridgehead atoms. The van der Waals surface area contributed by atoms with E-state index in [1.165, 1.54) is 29.2 Å². The normalized spacial score (nSPS) is 13.4. The third-order valence-corrected chi connectivity index (χ3v) is 7.21. The number of para-hydroxylation sites is 1. The van der Waals surface area contributed by atoms with Gasteiger partial charge in [-0.2, -0.15) is 0 Å². The van der Waals surface area contributed by atoms with E-state index in [1.54, 1.807) is 12.1 Å². The van der Waals surface area contributed by atoms with Crippen molar-refractivity contribution in [3.63, 3.8) is 0 Å². The highest BCUT2D eigenvalue weighted by Gasteiger charge is 2.19. The van der Waals surface area contributed by atoms with Crippen LogP contribution in [0.15, 0.2) is 83.3 Å². The van der Waals surface area contributed by atoms with Gasteiger partial charge in [-0.1, -0.05) is 48.0 Å². The van der Waals surface area contributed by atoms with Crippen LogP contribution in [0.2, 0.25) is 0 Å². The summed E-state index contributed by atoms with van der Waals surface area (Å²) in [5.74, 6) is -0.186. The maximum Gasteiger partial charge on any atom is 0.253 e. The molecule has 0 radical (unpaired) electrons. The zero-order valence-corrected chi connectivity index (χ0v) is 21.1. The van der Waals surface area contributed by atoms with E-state index in [2.05, 4.69) is 28.2 Å². The molecule has 1 aliphatic rings. The van der Waals surface area contributed by atoms with Crippen LogP contribution < -0.4 is 10.0 Å². The molecule has 1 amide bonds. The lowest BCUT2D eigenvalue weighted by atomic mass is 9.87. The summed E-state index contributed by atoms with van der Waals surface area (Å²) in [5, 5.41) is 3.44. The van der Waals surface area contributed by atoms with Crippen molar-refractivity contribution in [3.8, 4) is 0 Å². The van der Waals surface area contributed by atoms with E-state index in [-0.39, 0.29) is 11.7 Å². The van der Waals surface area contributed by atoms with Crippen molar-refractivity contribution in [3.05, 3.63) is 101 Å². The smallest absolute Gasteiger partial charge is 0.253 e. The fourth-order valence-electron chi connectivity index (χ4n) is 4.43. The van der Waals surface area contributed by atoms with Crippen molar-refractivity contribution in [2.75, 3.05) is 30.9 Å². The van der Waals surface area contributed by atoms with Gasteiger partial charge >= 0.3 is 0 Å². The van der Waals surface area contributed by atoms with Gasteiger partial charge in [0.2, 0.25) is 0 Å². The first-order valence-electron chi connectivity index (χ1n) is 12.2. The first kappa shape index (κ1) is 25.0. The Hall–Kier alpha value is -3.09. The Morgan fingerprint density at radius 2 is 1.54 bits per heavy atom. The van der Waals surface area contributed by atoms with Gasteiger partial charge in [0, 0.05) is 24.2 Å². The number of piperidine rings is 1. The van der Waals surface area contributed by atoms with Gasteiger partial charge in [-0.05, 0) is 93.2 Å². The number of rotatable bonds is 8. The number of hydrogen-bond acceptors (Lipinski definition) is 4. The molecular weight excluding hydrogens is 457 g/mol. The van der Waals surface area contributed by atoms with Crippen LogP contribution in [0.25, 0.3) is 5.57 Å². The van der Waals surface area contributed by atoms with Crippen molar-refractivity contribution in [2.45, 2.75) is 31.6 Å². The Labute approximate surface area is 211 Å². The second kappa shape index (κ2) is 12.0. The minimum atomic E-state index is -0.243. The molecule has 1 fully saturated rings. The Morgan fingerprint density at radius 1 is 0.914 bits per heavy atom. The van der Waals surface area contributed by atoms with Crippen molar-refractivity contribution < 1.29 is 9.18 Å².